The fourth-order valence-electron chi connectivity index (χ4n) is 1.29. The lowest BCUT2D eigenvalue weighted by molar-refractivity contribution is 0.534. The Bertz CT molecular complexity index is 352. The number of hydrogen-bond donors (Lipinski definition) is 3. The average molecular weight is 206 g/mol. The Hall–Kier alpha value is -1.53. The molecular weight excluding hydrogens is 192 g/mol. The van der Waals surface area contributed by atoms with Gasteiger partial charge in [-0.1, -0.05) is 0 Å². The minimum absolute atomic E-state index is 0.664. The summed E-state index contributed by atoms with van der Waals surface area (Å²) < 4.78 is 0. The van der Waals surface area contributed by atoms with Crippen LogP contribution in [0.25, 0.3) is 11.3 Å². The highest BCUT2D eigenvalue weighted by molar-refractivity contribution is 5.63. The van der Waals surface area contributed by atoms with Crippen LogP contribution in [0.5, 0.6) is 0 Å². The second-order valence-electron chi connectivity index (χ2n) is 3.13. The first-order valence-corrected chi connectivity index (χ1v) is 4.98. The molecule has 1 aliphatic heterocycles. The van der Waals surface area contributed by atoms with E-state index in [9.17, 15) is 0 Å². The first-order chi connectivity index (χ1) is 7.47. The van der Waals surface area contributed by atoms with Crippen molar-refractivity contribution in [1.29, 1.82) is 0 Å². The third-order valence-corrected chi connectivity index (χ3v) is 2.02. The lowest BCUT2D eigenvalue weighted by Crippen LogP contribution is -2.39. The summed E-state index contributed by atoms with van der Waals surface area (Å²) in [5.41, 5.74) is 1.40. The van der Waals surface area contributed by atoms with Gasteiger partial charge in [-0.25, -0.2) is 15.0 Å². The van der Waals surface area contributed by atoms with Crippen LogP contribution in [0.15, 0.2) is 18.7 Å². The lowest BCUT2D eigenvalue weighted by Gasteiger charge is -2.11. The predicted molar refractivity (Wildman–Crippen MR) is 57.4 cm³/mol. The van der Waals surface area contributed by atoms with E-state index in [0.29, 0.717) is 5.65 Å². The summed E-state index contributed by atoms with van der Waals surface area (Å²) in [6.45, 7) is 4.56. The largest absolute Gasteiger partial charge is 0.328 e. The fourth-order valence-corrected chi connectivity index (χ4v) is 1.29. The zero-order valence-corrected chi connectivity index (χ0v) is 8.40. The Morgan fingerprint density at radius 1 is 0.867 bits per heavy atom. The molecule has 6 heteroatoms. The smallest absolute Gasteiger partial charge is 0.197 e. The molecule has 3 N–H and O–H groups in total. The fraction of sp³-hybridized carbons (Fsp3) is 0.444. The van der Waals surface area contributed by atoms with E-state index in [1.165, 1.54) is 0 Å². The molecule has 0 radical (unpaired) electrons. The Labute approximate surface area is 87.5 Å². The number of H-pyrrole nitrogens is 1. The molecule has 0 aromatic carbocycles. The Morgan fingerprint density at radius 3 is 2.13 bits per heavy atom. The van der Waals surface area contributed by atoms with E-state index in [2.05, 4.69) is 30.6 Å². The molecule has 0 bridgehead atoms. The van der Waals surface area contributed by atoms with E-state index in [1.807, 2.05) is 0 Å². The standard InChI is InChI=1S/C5H4N4.C4H10N2/c1-2-7-5-4(6-1)8-3-9-5;1-2-6-4-3-5-1/h1-3H,(H,6,7,8,9);5-6H,1-4H2. The van der Waals surface area contributed by atoms with E-state index >= 15 is 0 Å². The van der Waals surface area contributed by atoms with Gasteiger partial charge in [0, 0.05) is 38.6 Å². The normalized spacial score (nSPS) is 15.7. The van der Waals surface area contributed by atoms with Gasteiger partial charge in [0.25, 0.3) is 0 Å². The first-order valence-electron chi connectivity index (χ1n) is 4.98. The number of imidazole rings is 1. The van der Waals surface area contributed by atoms with Crippen molar-refractivity contribution in [3.63, 3.8) is 0 Å². The van der Waals surface area contributed by atoms with Gasteiger partial charge in [-0.05, 0) is 0 Å². The maximum atomic E-state index is 3.96. The van der Waals surface area contributed by atoms with Crippen LogP contribution >= 0.6 is 0 Å². The van der Waals surface area contributed by atoms with E-state index in [4.69, 9.17) is 0 Å². The minimum Gasteiger partial charge on any atom is -0.328 e. The highest BCUT2D eigenvalue weighted by Crippen LogP contribution is 1.96. The van der Waals surface area contributed by atoms with Crippen LogP contribution in [0.1, 0.15) is 0 Å². The second kappa shape index (κ2) is 5.38. The summed E-state index contributed by atoms with van der Waals surface area (Å²) in [5.74, 6) is 0. The van der Waals surface area contributed by atoms with Crippen molar-refractivity contribution in [3.05, 3.63) is 18.7 Å². The minimum atomic E-state index is 0.664. The number of fused-ring (bicyclic) bond motifs is 1. The Balaban J connectivity index is 0.000000124. The van der Waals surface area contributed by atoms with Crippen molar-refractivity contribution < 1.29 is 0 Å². The molecule has 0 amide bonds. The molecule has 0 aliphatic carbocycles. The van der Waals surface area contributed by atoms with Crippen LogP contribution in [-0.2, 0) is 0 Å². The maximum absolute atomic E-state index is 3.96. The number of nitrogens with one attached hydrogen (secondary N) is 3. The molecule has 6 nitrogen and oxygen atoms in total. The molecule has 0 saturated carbocycles. The van der Waals surface area contributed by atoms with Gasteiger partial charge in [-0.3, -0.25) is 0 Å². The summed E-state index contributed by atoms with van der Waals surface area (Å²) >= 11 is 0. The van der Waals surface area contributed by atoms with Crippen LogP contribution in [0.4, 0.5) is 0 Å². The molecular formula is C9H14N6. The summed E-state index contributed by atoms with van der Waals surface area (Å²) in [6.07, 6.45) is 4.81. The van der Waals surface area contributed by atoms with Gasteiger partial charge in [0.1, 0.15) is 0 Å². The second-order valence-corrected chi connectivity index (χ2v) is 3.13. The van der Waals surface area contributed by atoms with Crippen molar-refractivity contribution in [2.75, 3.05) is 26.2 Å². The van der Waals surface area contributed by atoms with Gasteiger partial charge in [0.15, 0.2) is 11.3 Å². The summed E-state index contributed by atoms with van der Waals surface area (Å²) in [6, 6.07) is 0. The van der Waals surface area contributed by atoms with Gasteiger partial charge in [-0.15, -0.1) is 0 Å². The van der Waals surface area contributed by atoms with E-state index < -0.39 is 0 Å². The molecule has 1 saturated heterocycles. The van der Waals surface area contributed by atoms with Crippen LogP contribution in [0, 0.1) is 0 Å². The highest BCUT2D eigenvalue weighted by atomic mass is 15.0. The lowest BCUT2D eigenvalue weighted by atomic mass is 10.4. The maximum Gasteiger partial charge on any atom is 0.197 e. The van der Waals surface area contributed by atoms with E-state index in [1.54, 1.807) is 18.7 Å². The third kappa shape index (κ3) is 2.97. The average Bonchev–Trinajstić information content (AvgIpc) is 2.80. The molecule has 80 valence electrons. The van der Waals surface area contributed by atoms with Crippen molar-refractivity contribution in [3.8, 4) is 0 Å². The number of nitrogens with zero attached hydrogens (tertiary/aromatic N) is 3. The molecule has 3 heterocycles. The summed E-state index contributed by atoms with van der Waals surface area (Å²) in [5, 5.41) is 6.44. The van der Waals surface area contributed by atoms with Gasteiger partial charge in [0.2, 0.25) is 0 Å². The first kappa shape index (κ1) is 10.0. The van der Waals surface area contributed by atoms with Gasteiger partial charge in [0.05, 0.1) is 6.33 Å². The number of aromatic amines is 1. The zero-order chi connectivity index (χ0) is 10.3. The van der Waals surface area contributed by atoms with Crippen LogP contribution in [-0.4, -0.2) is 46.1 Å². The predicted octanol–water partition coefficient (Wildman–Crippen LogP) is -0.468. The molecule has 0 spiro atoms. The van der Waals surface area contributed by atoms with Crippen LogP contribution in [0.3, 0.4) is 0 Å². The summed E-state index contributed by atoms with van der Waals surface area (Å²) in [7, 11) is 0. The van der Waals surface area contributed by atoms with Gasteiger partial charge in [-0.2, -0.15) is 0 Å². The number of piperazine rings is 1. The zero-order valence-electron chi connectivity index (χ0n) is 8.40. The molecule has 0 atom stereocenters. The van der Waals surface area contributed by atoms with Crippen molar-refractivity contribution >= 4 is 11.3 Å². The number of aromatic nitrogens is 4. The monoisotopic (exact) mass is 206 g/mol. The van der Waals surface area contributed by atoms with Crippen molar-refractivity contribution in [2.45, 2.75) is 0 Å². The quantitative estimate of drug-likeness (QED) is 0.543. The molecule has 2 aromatic heterocycles. The third-order valence-electron chi connectivity index (χ3n) is 2.02. The van der Waals surface area contributed by atoms with Crippen LogP contribution in [0.2, 0.25) is 0 Å². The molecule has 3 rings (SSSR count). The van der Waals surface area contributed by atoms with Crippen LogP contribution < -0.4 is 10.6 Å². The van der Waals surface area contributed by atoms with Crippen molar-refractivity contribution in [2.24, 2.45) is 0 Å². The number of rotatable bonds is 0. The molecule has 1 fully saturated rings. The topological polar surface area (TPSA) is 78.5 Å². The molecule has 0 unspecified atom stereocenters. The van der Waals surface area contributed by atoms with E-state index in [-0.39, 0.29) is 0 Å². The summed E-state index contributed by atoms with van der Waals surface area (Å²) in [4.78, 5) is 14.6. The molecule has 15 heavy (non-hydrogen) atoms. The van der Waals surface area contributed by atoms with Gasteiger partial charge >= 0.3 is 0 Å². The Morgan fingerprint density at radius 2 is 1.53 bits per heavy atom. The molecule has 1 aliphatic rings. The van der Waals surface area contributed by atoms with Gasteiger partial charge < -0.3 is 15.6 Å². The van der Waals surface area contributed by atoms with Crippen molar-refractivity contribution in [1.82, 2.24) is 30.6 Å². The highest BCUT2D eigenvalue weighted by Gasteiger charge is 1.92. The Kier molecular flexibility index (Phi) is 3.58. The SMILES string of the molecule is C1CNCCN1.c1cnc2[nH]cnc2n1. The van der Waals surface area contributed by atoms with E-state index in [0.717, 1.165) is 31.8 Å². The molecule has 2 aromatic rings. The number of hydrogen-bond acceptors (Lipinski definition) is 5.